The molecule has 105 heavy (non-hydrogen) atoms. The minimum absolute atomic E-state index is 0.108. The van der Waals surface area contributed by atoms with Crippen molar-refractivity contribution >= 4 is 39.5 Å². The zero-order chi connectivity index (χ0) is 77.1. The zero-order valence-corrected chi connectivity index (χ0v) is 70.8. The Morgan fingerprint density at radius 3 is 0.724 bits per heavy atom. The number of ether oxygens (including phenoxy) is 4. The van der Waals surface area contributed by atoms with Crippen LogP contribution in [0.15, 0.2) is 0 Å². The lowest BCUT2D eigenvalue weighted by Gasteiger charge is -2.21. The summed E-state index contributed by atoms with van der Waals surface area (Å²) in [6, 6.07) is 0. The standard InChI is InChI=1S/C86H168O17P2/c1-7-10-12-14-16-18-20-22-23-24-25-26-27-28-29-32-37-41-45-53-59-65-71-86(91)102-81(74-96-83(88)68-62-56-50-43-39-36-33-30-31-35-38-42-48-54-60-66-78(4)5)76-100-104(92,93)98-72-80(87)73-99-105(94,95)101-77-82(75-97-84(89)69-63-57-51-47-46-49-55-61-67-79(6)9-3)103-85(90)70-64-58-52-44-40-34-21-19-17-15-13-11-8-2/h78-82,87H,7-77H2,1-6H3,(H,92,93)(H,94,95)/t79?,80-,81-,82-/m1/s1. The van der Waals surface area contributed by atoms with Crippen molar-refractivity contribution in [3.05, 3.63) is 0 Å². The van der Waals surface area contributed by atoms with Crippen molar-refractivity contribution in [3.8, 4) is 0 Å². The molecule has 0 bridgehead atoms. The number of unbranched alkanes of at least 4 members (excludes halogenated alkanes) is 54. The summed E-state index contributed by atoms with van der Waals surface area (Å²) in [6.07, 6.45) is 69.4. The second kappa shape index (κ2) is 77.4. The molecular weight excluding hydrogens is 1370 g/mol. The van der Waals surface area contributed by atoms with Crippen LogP contribution >= 0.6 is 15.6 Å². The van der Waals surface area contributed by atoms with Crippen molar-refractivity contribution in [1.29, 1.82) is 0 Å². The Kier molecular flexibility index (Phi) is 76.0. The van der Waals surface area contributed by atoms with Crippen LogP contribution in [0.3, 0.4) is 0 Å². The van der Waals surface area contributed by atoms with Crippen LogP contribution in [0.25, 0.3) is 0 Å². The fourth-order valence-electron chi connectivity index (χ4n) is 13.4. The quantitative estimate of drug-likeness (QED) is 0.0222. The van der Waals surface area contributed by atoms with E-state index >= 15 is 0 Å². The molecule has 0 heterocycles. The van der Waals surface area contributed by atoms with Crippen molar-refractivity contribution < 1.29 is 80.2 Å². The third-order valence-electron chi connectivity index (χ3n) is 20.6. The number of hydrogen-bond donors (Lipinski definition) is 3. The first-order valence-electron chi connectivity index (χ1n) is 44.5. The molecule has 0 aliphatic heterocycles. The number of carbonyl (C=O) groups excluding carboxylic acids is 4. The smallest absolute Gasteiger partial charge is 0.462 e. The Morgan fingerprint density at radius 1 is 0.276 bits per heavy atom. The molecule has 0 fully saturated rings. The molecule has 6 atom stereocenters. The van der Waals surface area contributed by atoms with Gasteiger partial charge in [-0.05, 0) is 37.5 Å². The third kappa shape index (κ3) is 78.5. The molecule has 0 rings (SSSR count). The minimum atomic E-state index is -4.97. The summed E-state index contributed by atoms with van der Waals surface area (Å²) in [5, 5.41) is 10.7. The van der Waals surface area contributed by atoms with Crippen LogP contribution in [0.5, 0.6) is 0 Å². The number of phosphoric ester groups is 2. The van der Waals surface area contributed by atoms with Gasteiger partial charge in [-0.15, -0.1) is 0 Å². The fraction of sp³-hybridized carbons (Fsp3) is 0.953. The summed E-state index contributed by atoms with van der Waals surface area (Å²) in [5.41, 5.74) is 0. The summed E-state index contributed by atoms with van der Waals surface area (Å²) >= 11 is 0. The van der Waals surface area contributed by atoms with Gasteiger partial charge in [0.05, 0.1) is 26.4 Å². The van der Waals surface area contributed by atoms with Gasteiger partial charge in [-0.25, -0.2) is 9.13 Å². The Balaban J connectivity index is 5.23. The van der Waals surface area contributed by atoms with Crippen LogP contribution in [0.1, 0.15) is 459 Å². The number of esters is 4. The fourth-order valence-corrected chi connectivity index (χ4v) is 15.0. The van der Waals surface area contributed by atoms with Gasteiger partial charge in [-0.2, -0.15) is 0 Å². The van der Waals surface area contributed by atoms with Gasteiger partial charge >= 0.3 is 39.5 Å². The number of aliphatic hydroxyl groups is 1. The van der Waals surface area contributed by atoms with Gasteiger partial charge in [0, 0.05) is 25.7 Å². The largest absolute Gasteiger partial charge is 0.472 e. The Morgan fingerprint density at radius 2 is 0.486 bits per heavy atom. The Bertz CT molecular complexity index is 2010. The second-order valence-corrected chi connectivity index (χ2v) is 34.6. The predicted molar refractivity (Wildman–Crippen MR) is 432 cm³/mol. The average molecular weight is 1540 g/mol. The van der Waals surface area contributed by atoms with Crippen LogP contribution in [-0.2, 0) is 65.4 Å². The third-order valence-corrected chi connectivity index (χ3v) is 22.5. The molecule has 624 valence electrons. The first-order chi connectivity index (χ1) is 50.9. The number of aliphatic hydroxyl groups excluding tert-OH is 1. The Hall–Kier alpha value is -1.94. The van der Waals surface area contributed by atoms with Gasteiger partial charge in [0.2, 0.25) is 0 Å². The predicted octanol–water partition coefficient (Wildman–Crippen LogP) is 26.2. The summed E-state index contributed by atoms with van der Waals surface area (Å²) in [5.74, 6) is -0.518. The average Bonchev–Trinajstić information content (AvgIpc) is 0.919. The zero-order valence-electron chi connectivity index (χ0n) is 69.0. The molecule has 0 saturated heterocycles. The summed E-state index contributed by atoms with van der Waals surface area (Å²) in [6.45, 7) is 9.70. The van der Waals surface area contributed by atoms with Crippen LogP contribution in [0, 0.1) is 11.8 Å². The molecule has 0 spiro atoms. The van der Waals surface area contributed by atoms with Crippen LogP contribution in [0.4, 0.5) is 0 Å². The van der Waals surface area contributed by atoms with E-state index in [1.807, 2.05) is 0 Å². The lowest BCUT2D eigenvalue weighted by atomic mass is 9.99. The van der Waals surface area contributed by atoms with Gasteiger partial charge in [-0.1, -0.05) is 408 Å². The lowest BCUT2D eigenvalue weighted by Crippen LogP contribution is -2.30. The molecule has 3 N–H and O–H groups in total. The molecule has 19 heteroatoms. The van der Waals surface area contributed by atoms with E-state index in [1.165, 1.54) is 276 Å². The van der Waals surface area contributed by atoms with E-state index in [1.54, 1.807) is 0 Å². The summed E-state index contributed by atoms with van der Waals surface area (Å²) < 4.78 is 68.9. The molecule has 0 aliphatic rings. The van der Waals surface area contributed by atoms with Crippen molar-refractivity contribution in [2.24, 2.45) is 11.8 Å². The molecule has 0 aromatic heterocycles. The second-order valence-electron chi connectivity index (χ2n) is 31.6. The van der Waals surface area contributed by atoms with E-state index in [2.05, 4.69) is 41.5 Å². The molecule has 0 aromatic carbocycles. The number of carbonyl (C=O) groups is 4. The first kappa shape index (κ1) is 103. The van der Waals surface area contributed by atoms with Gasteiger partial charge < -0.3 is 33.8 Å². The van der Waals surface area contributed by atoms with E-state index in [0.717, 1.165) is 102 Å². The summed E-state index contributed by atoms with van der Waals surface area (Å²) in [4.78, 5) is 73.2. The molecule has 0 saturated carbocycles. The molecule has 0 radical (unpaired) electrons. The van der Waals surface area contributed by atoms with E-state index in [0.29, 0.717) is 25.7 Å². The van der Waals surface area contributed by atoms with Gasteiger partial charge in [0.25, 0.3) is 0 Å². The first-order valence-corrected chi connectivity index (χ1v) is 47.5. The maximum atomic E-state index is 13.1. The maximum Gasteiger partial charge on any atom is 0.472 e. The van der Waals surface area contributed by atoms with E-state index in [9.17, 15) is 43.2 Å². The maximum absolute atomic E-state index is 13.1. The monoisotopic (exact) mass is 1540 g/mol. The molecule has 0 aromatic rings. The van der Waals surface area contributed by atoms with Crippen molar-refractivity contribution in [3.63, 3.8) is 0 Å². The molecule has 0 amide bonds. The van der Waals surface area contributed by atoms with Crippen molar-refractivity contribution in [1.82, 2.24) is 0 Å². The highest BCUT2D eigenvalue weighted by atomic mass is 31.2. The SMILES string of the molecule is CCCCCCCCCCCCCCCCCCCCCCCCC(=O)O[C@H](COC(=O)CCCCCCCCCCCCCCCCCC(C)C)COP(=O)(O)OC[C@@H](O)COP(=O)(O)OC[C@@H](COC(=O)CCCCCCCCCCC(C)CC)OC(=O)CCCCCCCCCCCCCCC. The molecular formula is C86H168O17P2. The van der Waals surface area contributed by atoms with Crippen molar-refractivity contribution in [2.45, 2.75) is 477 Å². The van der Waals surface area contributed by atoms with Crippen molar-refractivity contribution in [2.75, 3.05) is 39.6 Å². The topological polar surface area (TPSA) is 237 Å². The van der Waals surface area contributed by atoms with Gasteiger partial charge in [0.1, 0.15) is 19.3 Å². The van der Waals surface area contributed by atoms with Crippen LogP contribution in [-0.4, -0.2) is 96.7 Å². The highest BCUT2D eigenvalue weighted by Gasteiger charge is 2.30. The lowest BCUT2D eigenvalue weighted by molar-refractivity contribution is -0.161. The molecule has 0 aliphatic carbocycles. The molecule has 3 unspecified atom stereocenters. The van der Waals surface area contributed by atoms with Gasteiger partial charge in [0.15, 0.2) is 12.2 Å². The number of rotatable bonds is 85. The normalized spacial score (nSPS) is 14.1. The minimum Gasteiger partial charge on any atom is -0.462 e. The number of hydrogen-bond acceptors (Lipinski definition) is 15. The van der Waals surface area contributed by atoms with E-state index < -0.39 is 97.5 Å². The number of phosphoric acid groups is 2. The van der Waals surface area contributed by atoms with E-state index in [-0.39, 0.29) is 25.7 Å². The van der Waals surface area contributed by atoms with Crippen LogP contribution < -0.4 is 0 Å². The highest BCUT2D eigenvalue weighted by Crippen LogP contribution is 2.45. The molecule has 17 nitrogen and oxygen atoms in total. The Labute approximate surface area is 645 Å². The van der Waals surface area contributed by atoms with Gasteiger partial charge in [-0.3, -0.25) is 37.3 Å². The van der Waals surface area contributed by atoms with E-state index in [4.69, 9.17) is 37.0 Å². The van der Waals surface area contributed by atoms with Crippen LogP contribution in [0.2, 0.25) is 0 Å². The highest BCUT2D eigenvalue weighted by molar-refractivity contribution is 7.47. The summed E-state index contributed by atoms with van der Waals surface area (Å²) in [7, 11) is -9.93.